The molecule has 0 saturated carbocycles. The summed E-state index contributed by atoms with van der Waals surface area (Å²) < 4.78 is 5.13. The van der Waals surface area contributed by atoms with Gasteiger partial charge in [-0.1, -0.05) is 30.3 Å². The van der Waals surface area contributed by atoms with Gasteiger partial charge in [0.1, 0.15) is 5.75 Å². The summed E-state index contributed by atoms with van der Waals surface area (Å²) in [6, 6.07) is 17.4. The fourth-order valence-corrected chi connectivity index (χ4v) is 3.03. The zero-order valence-corrected chi connectivity index (χ0v) is 12.1. The summed E-state index contributed by atoms with van der Waals surface area (Å²) >= 11 is 1.53. The molecule has 2 aromatic carbocycles. The van der Waals surface area contributed by atoms with E-state index in [-0.39, 0.29) is 11.9 Å². The van der Waals surface area contributed by atoms with Crippen LogP contribution < -0.4 is 4.74 Å². The molecule has 0 aliphatic carbocycles. The molecular weight excluding hydrogens is 272 g/mol. The van der Waals surface area contributed by atoms with Gasteiger partial charge >= 0.3 is 0 Å². The first kappa shape index (κ1) is 14.9. The number of aliphatic hydroxyl groups excluding tert-OH is 2. The van der Waals surface area contributed by atoms with Crippen molar-refractivity contribution in [2.75, 3.05) is 13.7 Å². The molecule has 0 radical (unpaired) electrons. The topological polar surface area (TPSA) is 49.7 Å². The van der Waals surface area contributed by atoms with E-state index < -0.39 is 6.10 Å². The van der Waals surface area contributed by atoms with Crippen molar-refractivity contribution in [3.05, 3.63) is 60.2 Å². The van der Waals surface area contributed by atoms with E-state index >= 15 is 0 Å². The molecule has 2 rings (SSSR count). The Morgan fingerprint density at radius 1 is 1.05 bits per heavy atom. The van der Waals surface area contributed by atoms with Crippen molar-refractivity contribution in [2.24, 2.45) is 0 Å². The van der Waals surface area contributed by atoms with Crippen LogP contribution in [0.5, 0.6) is 5.75 Å². The van der Waals surface area contributed by atoms with Crippen molar-refractivity contribution in [1.82, 2.24) is 0 Å². The summed E-state index contributed by atoms with van der Waals surface area (Å²) in [6.07, 6.45) is -0.801. The SMILES string of the molecule is COc1ccc(S[C@H](c2ccccc2)[C@@H](O)CO)cc1. The molecule has 106 valence electrons. The van der Waals surface area contributed by atoms with Gasteiger partial charge in [-0.3, -0.25) is 0 Å². The lowest BCUT2D eigenvalue weighted by Crippen LogP contribution is -2.20. The van der Waals surface area contributed by atoms with E-state index in [9.17, 15) is 10.2 Å². The van der Waals surface area contributed by atoms with Gasteiger partial charge in [0.05, 0.1) is 25.1 Å². The maximum atomic E-state index is 10.0. The van der Waals surface area contributed by atoms with Crippen LogP contribution in [0.1, 0.15) is 10.8 Å². The summed E-state index contributed by atoms with van der Waals surface area (Å²) in [5, 5.41) is 19.1. The molecule has 3 nitrogen and oxygen atoms in total. The van der Waals surface area contributed by atoms with Crippen LogP contribution in [0.4, 0.5) is 0 Å². The highest BCUT2D eigenvalue weighted by Gasteiger charge is 2.21. The first-order chi connectivity index (χ1) is 9.74. The Hall–Kier alpha value is -1.49. The van der Waals surface area contributed by atoms with E-state index in [4.69, 9.17) is 4.74 Å². The fraction of sp³-hybridized carbons (Fsp3) is 0.250. The number of methoxy groups -OCH3 is 1. The number of benzene rings is 2. The molecule has 20 heavy (non-hydrogen) atoms. The second kappa shape index (κ2) is 7.33. The van der Waals surface area contributed by atoms with Crippen LogP contribution in [-0.4, -0.2) is 30.0 Å². The standard InChI is InChI=1S/C16H18O3S/c1-19-13-7-9-14(10-8-13)20-16(15(18)11-17)12-5-3-2-4-6-12/h2-10,15-18H,11H2,1H3/t15-,16+/m0/s1. The van der Waals surface area contributed by atoms with Gasteiger partial charge in [0.2, 0.25) is 0 Å². The maximum Gasteiger partial charge on any atom is 0.118 e. The number of hydrogen-bond acceptors (Lipinski definition) is 4. The molecule has 0 unspecified atom stereocenters. The molecule has 4 heteroatoms. The second-order valence-corrected chi connectivity index (χ2v) is 5.59. The molecule has 0 aromatic heterocycles. The third kappa shape index (κ3) is 3.76. The van der Waals surface area contributed by atoms with Gasteiger partial charge in [0, 0.05) is 4.90 Å². The average Bonchev–Trinajstić information content (AvgIpc) is 2.53. The lowest BCUT2D eigenvalue weighted by Gasteiger charge is -2.21. The highest BCUT2D eigenvalue weighted by atomic mass is 32.2. The van der Waals surface area contributed by atoms with Crippen molar-refractivity contribution in [1.29, 1.82) is 0 Å². The Bertz CT molecular complexity index is 513. The Morgan fingerprint density at radius 3 is 2.25 bits per heavy atom. The Balaban J connectivity index is 2.19. The molecule has 2 atom stereocenters. The van der Waals surface area contributed by atoms with Crippen molar-refractivity contribution >= 4 is 11.8 Å². The molecule has 0 bridgehead atoms. The van der Waals surface area contributed by atoms with Crippen molar-refractivity contribution in [3.8, 4) is 5.75 Å². The van der Waals surface area contributed by atoms with Crippen molar-refractivity contribution in [3.63, 3.8) is 0 Å². The molecule has 0 fully saturated rings. The van der Waals surface area contributed by atoms with E-state index in [1.54, 1.807) is 7.11 Å². The van der Waals surface area contributed by atoms with Crippen molar-refractivity contribution in [2.45, 2.75) is 16.2 Å². The number of aliphatic hydroxyl groups is 2. The predicted molar refractivity (Wildman–Crippen MR) is 81.1 cm³/mol. The lowest BCUT2D eigenvalue weighted by atomic mass is 10.1. The Kier molecular flexibility index (Phi) is 5.47. The maximum absolute atomic E-state index is 10.0. The lowest BCUT2D eigenvalue weighted by molar-refractivity contribution is 0.0931. The van der Waals surface area contributed by atoms with Gasteiger partial charge < -0.3 is 14.9 Å². The summed E-state index contributed by atoms with van der Waals surface area (Å²) in [5.41, 5.74) is 0.995. The van der Waals surface area contributed by atoms with E-state index in [1.807, 2.05) is 54.6 Å². The van der Waals surface area contributed by atoms with Crippen molar-refractivity contribution < 1.29 is 14.9 Å². The summed E-state index contributed by atoms with van der Waals surface area (Å²) in [4.78, 5) is 1.02. The minimum absolute atomic E-state index is 0.199. The molecule has 2 aromatic rings. The van der Waals surface area contributed by atoms with Crippen LogP contribution in [0.3, 0.4) is 0 Å². The summed E-state index contributed by atoms with van der Waals surface area (Å²) in [6.45, 7) is -0.261. The van der Waals surface area contributed by atoms with E-state index in [0.717, 1.165) is 16.2 Å². The van der Waals surface area contributed by atoms with Gasteiger partial charge in [0.15, 0.2) is 0 Å². The van der Waals surface area contributed by atoms with Crippen LogP contribution in [-0.2, 0) is 0 Å². The molecule has 0 amide bonds. The quantitative estimate of drug-likeness (QED) is 0.803. The minimum atomic E-state index is -0.801. The highest BCUT2D eigenvalue weighted by Crippen LogP contribution is 2.38. The molecule has 0 aliphatic heterocycles. The van der Waals surface area contributed by atoms with Crippen LogP contribution in [0.25, 0.3) is 0 Å². The minimum Gasteiger partial charge on any atom is -0.497 e. The average molecular weight is 290 g/mol. The Morgan fingerprint density at radius 2 is 1.70 bits per heavy atom. The summed E-state index contributed by atoms with van der Waals surface area (Å²) in [5.74, 6) is 0.799. The van der Waals surface area contributed by atoms with Crippen LogP contribution in [0.15, 0.2) is 59.5 Å². The van der Waals surface area contributed by atoms with Crippen LogP contribution in [0.2, 0.25) is 0 Å². The molecule has 0 aliphatic rings. The number of hydrogen-bond donors (Lipinski definition) is 2. The monoisotopic (exact) mass is 290 g/mol. The van der Waals surface area contributed by atoms with E-state index in [0.29, 0.717) is 0 Å². The van der Waals surface area contributed by atoms with Gasteiger partial charge in [-0.2, -0.15) is 0 Å². The first-order valence-electron chi connectivity index (χ1n) is 6.39. The molecule has 2 N–H and O–H groups in total. The molecule has 0 heterocycles. The molecule has 0 spiro atoms. The normalized spacial score (nSPS) is 13.8. The van der Waals surface area contributed by atoms with E-state index in [2.05, 4.69) is 0 Å². The summed E-state index contributed by atoms with van der Waals surface area (Å²) in [7, 11) is 1.63. The van der Waals surface area contributed by atoms with Gasteiger partial charge in [-0.15, -0.1) is 11.8 Å². The number of thioether (sulfide) groups is 1. The molecular formula is C16H18O3S. The second-order valence-electron chi connectivity index (χ2n) is 4.37. The smallest absolute Gasteiger partial charge is 0.118 e. The third-order valence-electron chi connectivity index (χ3n) is 2.99. The zero-order valence-electron chi connectivity index (χ0n) is 11.3. The van der Waals surface area contributed by atoms with Crippen LogP contribution in [0, 0.1) is 0 Å². The zero-order chi connectivity index (χ0) is 14.4. The fourth-order valence-electron chi connectivity index (χ4n) is 1.91. The first-order valence-corrected chi connectivity index (χ1v) is 7.27. The number of rotatable bonds is 6. The third-order valence-corrected chi connectivity index (χ3v) is 4.37. The van der Waals surface area contributed by atoms with Gasteiger partial charge in [-0.25, -0.2) is 0 Å². The van der Waals surface area contributed by atoms with Gasteiger partial charge in [0.25, 0.3) is 0 Å². The predicted octanol–water partition coefficient (Wildman–Crippen LogP) is 2.88. The molecule has 0 saturated heterocycles. The Labute approximate surface area is 123 Å². The van der Waals surface area contributed by atoms with Crippen LogP contribution >= 0.6 is 11.8 Å². The van der Waals surface area contributed by atoms with Gasteiger partial charge in [-0.05, 0) is 29.8 Å². The van der Waals surface area contributed by atoms with E-state index in [1.165, 1.54) is 11.8 Å². The largest absolute Gasteiger partial charge is 0.497 e. The highest BCUT2D eigenvalue weighted by molar-refractivity contribution is 7.99. The number of ether oxygens (including phenoxy) is 1.